The Labute approximate surface area is 642 Å². The van der Waals surface area contributed by atoms with Gasteiger partial charge < -0.3 is 63.8 Å². The molecule has 3 aliphatic carbocycles. The first kappa shape index (κ1) is 85.0. The Bertz CT molecular complexity index is 4580. The molecule has 0 saturated heterocycles. The molecule has 0 aliphatic heterocycles. The van der Waals surface area contributed by atoms with Gasteiger partial charge in [0.1, 0.15) is 37.1 Å². The number of carbonyl (C=O) groups excluding carboxylic acids is 9. The third-order valence-corrected chi connectivity index (χ3v) is 17.1. The summed E-state index contributed by atoms with van der Waals surface area (Å²) in [7, 11) is 0. The molecule has 111 heavy (non-hydrogen) atoms. The maximum atomic E-state index is 14.0. The highest BCUT2D eigenvalue weighted by Gasteiger charge is 2.39. The number of rotatable bonds is 24. The standard InChI is InChI=1S/2C22H22ClFN6O3.C21H21ClFN7O3.C4H10O.C2HF3O2/c2*1-12-7-15-20(21(25)33)28-30(22(15)27-8-12)11-18(32)29(14-5-6-14)10-17(31)26-9-13-3-2-4-16(23)19(13)24;22-15-3-1-2-11(18(15)23)7-26-16(31)9-29(13-4-5-13)17(32)10-30-21-14(6-12(24)8-27-21)19(28-30)20(25)33;1-4(2,3)5;3-2(4,5)1(6)7/h2*2-4,7-8,14H,5-6,9-11H2,1H3,(H2,25,33)(H,26,31);1-3,6,8,13H,4-5,7,9-10,24H2,(H2,25,33)(H,26,31);5H,1-3H3;(H,6,7). The van der Waals surface area contributed by atoms with Crippen LogP contribution in [0.4, 0.5) is 32.0 Å². The quantitative estimate of drug-likeness (QED) is 0.0291. The van der Waals surface area contributed by atoms with Gasteiger partial charge in [0.25, 0.3) is 17.7 Å². The second kappa shape index (κ2) is 36.8. The SMILES string of the molecule is CC(C)(C)O.Cc1cnc2c(c1)c(C(N)=O)nn2CC(=O)N(CC(=O)NCc1cccc(Cl)c1F)C1CC1.Cc1cnc2c(c1)c(C(N)=O)nn2CC(=O)N(CC(=O)NCc1cccc(Cl)c1F)C1CC1.NC(=O)c1nn(CC(=O)N(CC(=O)NCc2cccc(Cl)c2F)C2CC2)c2ncc(N)cc12.O=C(O)C(F)(F)F. The van der Waals surface area contributed by atoms with Crippen molar-refractivity contribution in [1.82, 2.24) is 74.9 Å². The van der Waals surface area contributed by atoms with Gasteiger partial charge in [0.05, 0.1) is 68.3 Å². The van der Waals surface area contributed by atoms with Crippen LogP contribution in [-0.4, -0.2) is 178 Å². The van der Waals surface area contributed by atoms with Gasteiger partial charge >= 0.3 is 12.1 Å². The van der Waals surface area contributed by atoms with Gasteiger partial charge in [-0.3, -0.25) is 43.2 Å². The van der Waals surface area contributed by atoms with Crippen molar-refractivity contribution >= 4 is 133 Å². The number of pyridine rings is 3. The molecular formula is C71H76Cl3F6N19O12. The lowest BCUT2D eigenvalue weighted by atomic mass is 10.2. The number of hydrogen-bond acceptors (Lipinski definition) is 18. The van der Waals surface area contributed by atoms with Crippen molar-refractivity contribution in [2.45, 2.75) is 142 Å². The molecule has 9 aromatic rings. The van der Waals surface area contributed by atoms with E-state index in [-0.39, 0.29) is 149 Å². The number of aliphatic carboxylic acids is 1. The first-order valence-electron chi connectivity index (χ1n) is 33.8. The predicted molar refractivity (Wildman–Crippen MR) is 392 cm³/mol. The van der Waals surface area contributed by atoms with Crippen LogP contribution in [0.3, 0.4) is 0 Å². The summed E-state index contributed by atoms with van der Waals surface area (Å²) in [5.74, 6) is -9.09. The number of nitrogens with zero attached hydrogens (tertiary/aromatic N) is 12. The van der Waals surface area contributed by atoms with Crippen molar-refractivity contribution in [3.63, 3.8) is 0 Å². The number of anilines is 1. The van der Waals surface area contributed by atoms with E-state index in [4.69, 9.17) is 72.7 Å². The number of alkyl halides is 3. The van der Waals surface area contributed by atoms with Crippen LogP contribution in [-0.2, 0) is 72.8 Å². The number of aromatic nitrogens is 9. The number of carboxylic acids is 1. The van der Waals surface area contributed by atoms with Crippen molar-refractivity contribution in [3.8, 4) is 0 Å². The van der Waals surface area contributed by atoms with Crippen molar-refractivity contribution in [2.24, 2.45) is 17.2 Å². The number of aliphatic hydroxyl groups is 1. The largest absolute Gasteiger partial charge is 0.490 e. The summed E-state index contributed by atoms with van der Waals surface area (Å²) in [6, 6.07) is 18.4. The molecule has 0 atom stereocenters. The van der Waals surface area contributed by atoms with Gasteiger partial charge in [-0.2, -0.15) is 28.5 Å². The minimum Gasteiger partial charge on any atom is -0.475 e. The molecule has 12 rings (SSSR count). The van der Waals surface area contributed by atoms with Gasteiger partial charge in [0.15, 0.2) is 34.0 Å². The Kier molecular flexibility index (Phi) is 28.2. The number of carboxylic acid groups (broad SMARTS) is 1. The van der Waals surface area contributed by atoms with E-state index in [0.29, 0.717) is 33.1 Å². The fourth-order valence-electron chi connectivity index (χ4n) is 10.6. The first-order chi connectivity index (χ1) is 52.2. The van der Waals surface area contributed by atoms with Crippen LogP contribution >= 0.6 is 34.8 Å². The number of fused-ring (bicyclic) bond motifs is 3. The summed E-state index contributed by atoms with van der Waals surface area (Å²) in [5.41, 5.74) is 25.2. The van der Waals surface area contributed by atoms with E-state index in [1.807, 2.05) is 13.8 Å². The normalized spacial score (nSPS) is 13.0. The zero-order valence-corrected chi connectivity index (χ0v) is 62.3. The number of carbonyl (C=O) groups is 10. The third-order valence-electron chi connectivity index (χ3n) is 16.2. The van der Waals surface area contributed by atoms with Crippen LogP contribution in [0.2, 0.25) is 15.1 Å². The number of aryl methyl sites for hydroxylation is 2. The lowest BCUT2D eigenvalue weighted by molar-refractivity contribution is -0.192. The van der Waals surface area contributed by atoms with Gasteiger partial charge in [-0.05, 0) is 121 Å². The fraction of sp³-hybridized carbons (Fsp3) is 0.352. The molecule has 0 spiro atoms. The zero-order chi connectivity index (χ0) is 81.7. The molecule has 3 aliphatic rings. The van der Waals surface area contributed by atoms with Crippen molar-refractivity contribution < 1.29 is 84.5 Å². The van der Waals surface area contributed by atoms with Crippen LogP contribution in [0.25, 0.3) is 33.1 Å². The summed E-state index contributed by atoms with van der Waals surface area (Å²) < 4.78 is 77.8. The van der Waals surface area contributed by atoms with Gasteiger partial charge in [-0.25, -0.2) is 47.0 Å². The van der Waals surface area contributed by atoms with Crippen LogP contribution in [0, 0.1) is 31.3 Å². The molecule has 590 valence electrons. The molecule has 6 aromatic heterocycles. The zero-order valence-electron chi connectivity index (χ0n) is 60.1. The highest BCUT2D eigenvalue weighted by atomic mass is 35.5. The molecule has 9 amide bonds. The summed E-state index contributed by atoms with van der Waals surface area (Å²) in [4.78, 5) is 138. The van der Waals surface area contributed by atoms with E-state index < -0.39 is 70.6 Å². The smallest absolute Gasteiger partial charge is 0.475 e. The Balaban J connectivity index is 0.000000194. The van der Waals surface area contributed by atoms with Crippen LogP contribution in [0.15, 0.2) is 91.4 Å². The molecule has 40 heteroatoms. The highest BCUT2D eigenvalue weighted by molar-refractivity contribution is 6.31. The van der Waals surface area contributed by atoms with Crippen LogP contribution < -0.4 is 38.9 Å². The lowest BCUT2D eigenvalue weighted by Gasteiger charge is -2.22. The Morgan fingerprint density at radius 1 is 0.495 bits per heavy atom. The van der Waals surface area contributed by atoms with Gasteiger partial charge in [0, 0.05) is 66.8 Å². The van der Waals surface area contributed by atoms with E-state index in [1.165, 1.54) is 77.4 Å². The van der Waals surface area contributed by atoms with E-state index in [0.717, 1.165) is 49.7 Å². The number of nitrogens with two attached hydrogens (primary N) is 4. The number of hydrogen-bond donors (Lipinski definition) is 9. The number of nitrogens with one attached hydrogen (secondary N) is 3. The molecule has 3 fully saturated rings. The predicted octanol–water partition coefficient (Wildman–Crippen LogP) is 6.50. The Morgan fingerprint density at radius 2 is 0.757 bits per heavy atom. The van der Waals surface area contributed by atoms with Crippen LogP contribution in [0.5, 0.6) is 0 Å². The second-order valence-corrected chi connectivity index (χ2v) is 27.9. The van der Waals surface area contributed by atoms with Crippen LogP contribution in [0.1, 0.15) is 119 Å². The minimum absolute atomic E-state index is 0.0258. The number of benzene rings is 3. The summed E-state index contributed by atoms with van der Waals surface area (Å²) in [5, 5.41) is 37.2. The molecule has 0 unspecified atom stereocenters. The monoisotopic (exact) mass is 1610 g/mol. The molecule has 31 nitrogen and oxygen atoms in total. The summed E-state index contributed by atoms with van der Waals surface area (Å²) in [6.45, 7) is 7.51. The molecule has 13 N–H and O–H groups in total. The Morgan fingerprint density at radius 3 is 1.01 bits per heavy atom. The lowest BCUT2D eigenvalue weighted by Crippen LogP contribution is -2.43. The topological polar surface area (TPSA) is 453 Å². The van der Waals surface area contributed by atoms with E-state index in [9.17, 15) is 69.5 Å². The van der Waals surface area contributed by atoms with Gasteiger partial charge in [-0.1, -0.05) is 71.2 Å². The fourth-order valence-corrected chi connectivity index (χ4v) is 11.2. The van der Waals surface area contributed by atoms with Crippen molar-refractivity contribution in [3.05, 3.63) is 169 Å². The molecule has 0 radical (unpaired) electrons. The summed E-state index contributed by atoms with van der Waals surface area (Å²) >= 11 is 17.3. The maximum absolute atomic E-state index is 14.0. The number of nitrogen functional groups attached to an aromatic ring is 1. The first-order valence-corrected chi connectivity index (χ1v) is 35.0. The third kappa shape index (κ3) is 24.0. The minimum atomic E-state index is -5.08. The van der Waals surface area contributed by atoms with Gasteiger partial charge in [0.2, 0.25) is 35.4 Å². The van der Waals surface area contributed by atoms with E-state index in [2.05, 4.69) is 46.2 Å². The molecule has 3 aromatic carbocycles. The van der Waals surface area contributed by atoms with Crippen molar-refractivity contribution in [1.29, 1.82) is 0 Å². The molecular weight excluding hydrogens is 1530 g/mol. The number of primary amides is 3. The molecule has 6 heterocycles. The average molecular weight is 1610 g/mol. The van der Waals surface area contributed by atoms with Gasteiger partial charge in [-0.15, -0.1) is 0 Å². The molecule has 3 saturated carbocycles. The number of amides is 9. The summed E-state index contributed by atoms with van der Waals surface area (Å²) in [6.07, 6.45) is 4.19. The maximum Gasteiger partial charge on any atom is 0.490 e. The molecule has 0 bridgehead atoms. The number of halogens is 9. The van der Waals surface area contributed by atoms with E-state index in [1.54, 1.807) is 63.5 Å². The Hall–Kier alpha value is -11.6. The second-order valence-electron chi connectivity index (χ2n) is 26.7. The highest BCUT2D eigenvalue weighted by Crippen LogP contribution is 2.31. The van der Waals surface area contributed by atoms with E-state index >= 15 is 0 Å². The van der Waals surface area contributed by atoms with Crippen molar-refractivity contribution in [2.75, 3.05) is 25.4 Å². The average Bonchev–Trinajstić information content (AvgIpc) is 1.64.